The van der Waals surface area contributed by atoms with E-state index in [4.69, 9.17) is 8.83 Å². The molecule has 0 saturated carbocycles. The first-order valence-corrected chi connectivity index (χ1v) is 18.5. The second kappa shape index (κ2) is 11.2. The Morgan fingerprint density at radius 1 is 0.204 bits per heavy atom. The van der Waals surface area contributed by atoms with Crippen molar-refractivity contribution in [1.29, 1.82) is 0 Å². The summed E-state index contributed by atoms with van der Waals surface area (Å²) in [7, 11) is 0. The Morgan fingerprint density at radius 2 is 0.481 bits per heavy atom. The monoisotopic (exact) mass is 686 g/mol. The fourth-order valence-electron chi connectivity index (χ4n) is 9.18. The van der Waals surface area contributed by atoms with Gasteiger partial charge in [-0.25, -0.2) is 0 Å². The van der Waals surface area contributed by atoms with Crippen LogP contribution in [0.1, 0.15) is 0 Å². The van der Waals surface area contributed by atoms with Crippen molar-refractivity contribution in [3.63, 3.8) is 0 Å². The van der Waals surface area contributed by atoms with Crippen LogP contribution in [0.25, 0.3) is 120 Å². The van der Waals surface area contributed by atoms with Gasteiger partial charge in [0, 0.05) is 21.5 Å². The molecule has 0 N–H and O–H groups in total. The summed E-state index contributed by atoms with van der Waals surface area (Å²) >= 11 is 0. The van der Waals surface area contributed by atoms with Crippen LogP contribution in [0.3, 0.4) is 0 Å². The van der Waals surface area contributed by atoms with Crippen molar-refractivity contribution < 1.29 is 8.83 Å². The molecule has 250 valence electrons. The van der Waals surface area contributed by atoms with E-state index in [1.165, 1.54) is 54.6 Å². The molecule has 54 heavy (non-hydrogen) atoms. The lowest BCUT2D eigenvalue weighted by Gasteiger charge is -2.13. The number of fused-ring (bicyclic) bond motifs is 2. The second-order valence-corrected chi connectivity index (χ2v) is 14.3. The van der Waals surface area contributed by atoms with Crippen molar-refractivity contribution in [1.82, 2.24) is 0 Å². The fourth-order valence-corrected chi connectivity index (χ4v) is 9.18. The van der Waals surface area contributed by atoms with Gasteiger partial charge in [0.05, 0.1) is 0 Å². The highest BCUT2D eigenvalue weighted by molar-refractivity contribution is 6.29. The molecule has 0 saturated heterocycles. The van der Waals surface area contributed by atoms with Crippen LogP contribution < -0.4 is 0 Å². The van der Waals surface area contributed by atoms with Crippen molar-refractivity contribution in [3.05, 3.63) is 182 Å². The SMILES string of the molecule is c1ccc(-c2ccc3oc4ccc(-c5ccc6oc7ccc(-c8ccccc8)c8cccc(c9cccc5c69)c78)c5cccc(c6cccc2c36)c45)cc1. The molecule has 2 nitrogen and oxygen atoms in total. The van der Waals surface area contributed by atoms with Crippen molar-refractivity contribution in [2.24, 2.45) is 0 Å². The molecular weight excluding hydrogens is 657 g/mol. The average Bonchev–Trinajstić information content (AvgIpc) is 3.47. The Bertz CT molecular complexity index is 3240. The van der Waals surface area contributed by atoms with Crippen LogP contribution >= 0.6 is 0 Å². The lowest BCUT2D eigenvalue weighted by Crippen LogP contribution is -1.86. The zero-order valence-electron chi connectivity index (χ0n) is 29.1. The van der Waals surface area contributed by atoms with Gasteiger partial charge in [-0.2, -0.15) is 0 Å². The van der Waals surface area contributed by atoms with Crippen LogP contribution in [-0.2, 0) is 0 Å². The Morgan fingerprint density at radius 3 is 0.815 bits per heavy atom. The molecule has 0 aliphatic carbocycles. The molecular formula is C52H30O2. The first-order valence-electron chi connectivity index (χ1n) is 18.5. The van der Waals surface area contributed by atoms with Gasteiger partial charge < -0.3 is 8.83 Å². The van der Waals surface area contributed by atoms with Crippen LogP contribution in [0, 0.1) is 0 Å². The molecule has 0 unspecified atom stereocenters. The topological polar surface area (TPSA) is 26.3 Å². The maximum absolute atomic E-state index is 6.89. The van der Waals surface area contributed by atoms with Crippen molar-refractivity contribution in [3.8, 4) is 33.4 Å². The second-order valence-electron chi connectivity index (χ2n) is 14.3. The molecule has 2 heteroatoms. The predicted octanol–water partition coefficient (Wildman–Crippen LogP) is 15.1. The summed E-state index contributed by atoms with van der Waals surface area (Å²) in [6.07, 6.45) is 0. The molecule has 0 radical (unpaired) electrons. The molecule has 0 amide bonds. The molecule has 12 rings (SSSR count). The summed E-state index contributed by atoms with van der Waals surface area (Å²) in [5.74, 6) is 0. The Labute approximate surface area is 310 Å². The zero-order chi connectivity index (χ0) is 35.3. The number of hydrogen-bond donors (Lipinski definition) is 0. The molecule has 0 aliphatic rings. The third-order valence-corrected chi connectivity index (χ3v) is 11.5. The van der Waals surface area contributed by atoms with Gasteiger partial charge in [-0.3, -0.25) is 0 Å². The lowest BCUT2D eigenvalue weighted by atomic mass is 9.90. The van der Waals surface area contributed by atoms with E-state index in [1.54, 1.807) is 0 Å². The van der Waals surface area contributed by atoms with Gasteiger partial charge in [0.15, 0.2) is 0 Å². The molecule has 0 bridgehead atoms. The van der Waals surface area contributed by atoms with Crippen LogP contribution in [0.4, 0.5) is 0 Å². The van der Waals surface area contributed by atoms with Crippen LogP contribution in [-0.4, -0.2) is 0 Å². The molecule has 0 aliphatic heterocycles. The van der Waals surface area contributed by atoms with Crippen molar-refractivity contribution in [2.45, 2.75) is 0 Å². The highest BCUT2D eigenvalue weighted by Crippen LogP contribution is 2.46. The third-order valence-electron chi connectivity index (χ3n) is 11.5. The normalized spacial score (nSPS) is 12.1. The lowest BCUT2D eigenvalue weighted by molar-refractivity contribution is 0.663. The molecule has 2 aromatic heterocycles. The summed E-state index contributed by atoms with van der Waals surface area (Å²) in [6.45, 7) is 0. The van der Waals surface area contributed by atoms with Crippen LogP contribution in [0.5, 0.6) is 0 Å². The standard InChI is InChI=1S/C52H30O2/c1-3-11-31(12-4-1)33-23-27-45-49-37(33)15-7-19-41(49)43-21-9-17-39-35(25-29-47(53-45)51(39)43)36-26-30-48-52-40(36)18-10-22-44(52)42-20-8-16-38-34(32-13-5-2-6-14-32)24-28-46(54-48)50(38)42/h1-30H. The molecule has 10 aromatic carbocycles. The molecule has 12 aromatic rings. The van der Waals surface area contributed by atoms with E-state index < -0.39 is 0 Å². The summed E-state index contributed by atoms with van der Waals surface area (Å²) in [4.78, 5) is 0. The van der Waals surface area contributed by atoms with E-state index in [1.807, 2.05) is 0 Å². The van der Waals surface area contributed by atoms with Crippen molar-refractivity contribution in [2.75, 3.05) is 0 Å². The van der Waals surface area contributed by atoms with Gasteiger partial charge in [-0.1, -0.05) is 158 Å². The molecule has 0 fully saturated rings. The highest BCUT2D eigenvalue weighted by Gasteiger charge is 2.19. The predicted molar refractivity (Wildman–Crippen MR) is 227 cm³/mol. The Balaban J connectivity index is 1.15. The van der Waals surface area contributed by atoms with Gasteiger partial charge in [0.25, 0.3) is 0 Å². The third kappa shape index (κ3) is 4.11. The number of rotatable bonds is 3. The fraction of sp³-hybridized carbons (Fsp3) is 0. The largest absolute Gasteiger partial charge is 0.456 e. The van der Waals surface area contributed by atoms with Gasteiger partial charge >= 0.3 is 0 Å². The van der Waals surface area contributed by atoms with E-state index >= 15 is 0 Å². The average molecular weight is 687 g/mol. The van der Waals surface area contributed by atoms with E-state index in [0.717, 1.165) is 65.8 Å². The molecule has 0 spiro atoms. The molecule has 0 atom stereocenters. The Kier molecular flexibility index (Phi) is 6.09. The van der Waals surface area contributed by atoms with E-state index in [2.05, 4.69) is 182 Å². The van der Waals surface area contributed by atoms with E-state index in [9.17, 15) is 0 Å². The Hall–Kier alpha value is -7.16. The quantitative estimate of drug-likeness (QED) is 0.185. The minimum atomic E-state index is 0.869. The van der Waals surface area contributed by atoms with E-state index in [-0.39, 0.29) is 0 Å². The summed E-state index contributed by atoms with van der Waals surface area (Å²) < 4.78 is 13.8. The number of benzene rings is 10. The summed E-state index contributed by atoms with van der Waals surface area (Å²) in [5.41, 5.74) is 10.6. The van der Waals surface area contributed by atoms with Gasteiger partial charge in [0.1, 0.15) is 22.3 Å². The number of hydrogen-bond acceptors (Lipinski definition) is 2. The molecule has 2 heterocycles. The van der Waals surface area contributed by atoms with Gasteiger partial charge in [-0.15, -0.1) is 0 Å². The highest BCUT2D eigenvalue weighted by atomic mass is 16.3. The van der Waals surface area contributed by atoms with Crippen molar-refractivity contribution >= 4 is 87.0 Å². The smallest absolute Gasteiger partial charge is 0.135 e. The summed E-state index contributed by atoms with van der Waals surface area (Å²) in [6, 6.07) is 65.3. The van der Waals surface area contributed by atoms with Crippen LogP contribution in [0.15, 0.2) is 191 Å². The van der Waals surface area contributed by atoms with E-state index in [0.29, 0.717) is 0 Å². The minimum absolute atomic E-state index is 0.869. The van der Waals surface area contributed by atoms with Gasteiger partial charge in [0.2, 0.25) is 0 Å². The first-order chi connectivity index (χ1) is 26.8. The minimum Gasteiger partial charge on any atom is -0.456 e. The van der Waals surface area contributed by atoms with Gasteiger partial charge in [-0.05, 0) is 101 Å². The zero-order valence-corrected chi connectivity index (χ0v) is 29.1. The maximum atomic E-state index is 6.89. The van der Waals surface area contributed by atoms with Crippen LogP contribution in [0.2, 0.25) is 0 Å². The maximum Gasteiger partial charge on any atom is 0.135 e. The first kappa shape index (κ1) is 29.4. The summed E-state index contributed by atoms with van der Waals surface area (Å²) in [5, 5.41) is 14.0.